The maximum atomic E-state index is 12.8. The van der Waals surface area contributed by atoms with Crippen LogP contribution in [-0.2, 0) is 11.4 Å². The summed E-state index contributed by atoms with van der Waals surface area (Å²) in [5.74, 6) is 0.528. The Labute approximate surface area is 213 Å². The summed E-state index contributed by atoms with van der Waals surface area (Å²) < 4.78 is 12.4. The van der Waals surface area contributed by atoms with E-state index in [9.17, 15) is 10.1 Å². The molecular weight excluding hydrogens is 516 g/mol. The van der Waals surface area contributed by atoms with Gasteiger partial charge in [-0.2, -0.15) is 5.26 Å². The van der Waals surface area contributed by atoms with Crippen LogP contribution in [0.1, 0.15) is 29.2 Å². The van der Waals surface area contributed by atoms with Gasteiger partial charge in [0.05, 0.1) is 6.61 Å². The molecule has 1 N–H and O–H groups in total. The second-order valence-corrected chi connectivity index (χ2v) is 8.84. The highest BCUT2D eigenvalue weighted by Crippen LogP contribution is 2.36. The first kappa shape index (κ1) is 25.4. The number of nitrogens with zero attached hydrogens (tertiary/aromatic N) is 1. The van der Waals surface area contributed by atoms with Crippen molar-refractivity contribution in [2.24, 2.45) is 0 Å². The molecule has 0 heterocycles. The van der Waals surface area contributed by atoms with Gasteiger partial charge in [-0.05, 0) is 67.8 Å². The maximum absolute atomic E-state index is 12.8. The first-order valence-corrected chi connectivity index (χ1v) is 11.8. The van der Waals surface area contributed by atoms with Crippen LogP contribution in [0.4, 0.5) is 5.69 Å². The van der Waals surface area contributed by atoms with Crippen molar-refractivity contribution in [3.63, 3.8) is 0 Å². The molecule has 0 aliphatic carbocycles. The van der Waals surface area contributed by atoms with E-state index in [1.807, 2.05) is 63.2 Å². The lowest BCUT2D eigenvalue weighted by Crippen LogP contribution is -2.14. The van der Waals surface area contributed by atoms with E-state index in [1.54, 1.807) is 18.2 Å². The Bertz CT molecular complexity index is 1280. The summed E-state index contributed by atoms with van der Waals surface area (Å²) in [7, 11) is 0. The fraction of sp³-hybridized carbons (Fsp3) is 0.185. The lowest BCUT2D eigenvalue weighted by Gasteiger charge is -2.15. The Morgan fingerprint density at radius 1 is 1.12 bits per heavy atom. The van der Waals surface area contributed by atoms with E-state index in [0.717, 1.165) is 16.7 Å². The summed E-state index contributed by atoms with van der Waals surface area (Å²) in [5, 5.41) is 13.1. The number of anilines is 1. The van der Waals surface area contributed by atoms with Crippen molar-refractivity contribution < 1.29 is 14.3 Å². The van der Waals surface area contributed by atoms with Gasteiger partial charge in [0.1, 0.15) is 18.2 Å². The van der Waals surface area contributed by atoms with Crippen LogP contribution in [0.2, 0.25) is 5.02 Å². The molecule has 0 aliphatic rings. The molecule has 0 aliphatic heterocycles. The van der Waals surface area contributed by atoms with Gasteiger partial charge >= 0.3 is 0 Å². The zero-order valence-electron chi connectivity index (χ0n) is 19.1. The van der Waals surface area contributed by atoms with E-state index in [4.69, 9.17) is 21.1 Å². The fourth-order valence-electron chi connectivity index (χ4n) is 3.18. The van der Waals surface area contributed by atoms with Gasteiger partial charge in [-0.15, -0.1) is 0 Å². The Morgan fingerprint density at radius 2 is 1.85 bits per heavy atom. The zero-order valence-corrected chi connectivity index (χ0v) is 21.5. The molecule has 5 nitrogen and oxygen atoms in total. The predicted octanol–water partition coefficient (Wildman–Crippen LogP) is 7.24. The quantitative estimate of drug-likeness (QED) is 0.242. The van der Waals surface area contributed by atoms with E-state index in [1.165, 1.54) is 6.08 Å². The van der Waals surface area contributed by atoms with E-state index < -0.39 is 5.91 Å². The van der Waals surface area contributed by atoms with Crippen LogP contribution in [0.25, 0.3) is 6.08 Å². The minimum atomic E-state index is -0.486. The smallest absolute Gasteiger partial charge is 0.266 e. The van der Waals surface area contributed by atoms with Crippen molar-refractivity contribution in [2.45, 2.75) is 27.4 Å². The van der Waals surface area contributed by atoms with Crippen LogP contribution in [0.15, 0.2) is 64.6 Å². The SMILES string of the molecule is CCOc1cc(/C=C(\C#N)C(=O)Nc2cc(C)ccc2C)c(Br)cc1OCc1ccccc1Cl. The average molecular weight is 540 g/mol. The third-order valence-electron chi connectivity index (χ3n) is 5.01. The Morgan fingerprint density at radius 3 is 2.56 bits per heavy atom. The number of halogens is 2. The van der Waals surface area contributed by atoms with Crippen LogP contribution in [0.5, 0.6) is 11.5 Å². The molecule has 7 heteroatoms. The van der Waals surface area contributed by atoms with Crippen molar-refractivity contribution in [2.75, 3.05) is 11.9 Å². The first-order chi connectivity index (χ1) is 16.3. The van der Waals surface area contributed by atoms with Gasteiger partial charge in [0.2, 0.25) is 0 Å². The molecule has 1 amide bonds. The van der Waals surface area contributed by atoms with Crippen molar-refractivity contribution in [3.8, 4) is 17.6 Å². The van der Waals surface area contributed by atoms with Gasteiger partial charge in [-0.25, -0.2) is 0 Å². The van der Waals surface area contributed by atoms with E-state index in [2.05, 4.69) is 21.2 Å². The summed E-state index contributed by atoms with van der Waals surface area (Å²) in [5.41, 5.74) is 4.02. The molecule has 0 saturated heterocycles. The summed E-state index contributed by atoms with van der Waals surface area (Å²) in [6.07, 6.45) is 1.52. The molecule has 3 aromatic carbocycles. The van der Waals surface area contributed by atoms with E-state index >= 15 is 0 Å². The molecule has 0 fully saturated rings. The molecule has 0 unspecified atom stereocenters. The average Bonchev–Trinajstić information content (AvgIpc) is 2.81. The zero-order chi connectivity index (χ0) is 24.7. The molecule has 34 heavy (non-hydrogen) atoms. The minimum Gasteiger partial charge on any atom is -0.490 e. The van der Waals surface area contributed by atoms with Crippen LogP contribution < -0.4 is 14.8 Å². The lowest BCUT2D eigenvalue weighted by atomic mass is 10.1. The molecule has 174 valence electrons. The topological polar surface area (TPSA) is 71.3 Å². The number of aryl methyl sites for hydroxylation is 2. The molecule has 0 aromatic heterocycles. The van der Waals surface area contributed by atoms with Gasteiger partial charge in [0.25, 0.3) is 5.91 Å². The summed E-state index contributed by atoms with van der Waals surface area (Å²) in [4.78, 5) is 12.8. The normalized spacial score (nSPS) is 11.0. The van der Waals surface area contributed by atoms with Gasteiger partial charge in [0.15, 0.2) is 11.5 Å². The molecule has 3 rings (SSSR count). The third-order valence-corrected chi connectivity index (χ3v) is 6.07. The second kappa shape index (κ2) is 11.7. The Hall–Kier alpha value is -3.27. The highest BCUT2D eigenvalue weighted by atomic mass is 79.9. The van der Waals surface area contributed by atoms with Crippen molar-refractivity contribution in [1.29, 1.82) is 5.26 Å². The highest BCUT2D eigenvalue weighted by molar-refractivity contribution is 9.10. The number of carbonyl (C=O) groups excluding carboxylic acids is 1. The number of nitriles is 1. The number of hydrogen-bond donors (Lipinski definition) is 1. The summed E-state index contributed by atoms with van der Waals surface area (Å²) >= 11 is 9.75. The third kappa shape index (κ3) is 6.40. The van der Waals surface area contributed by atoms with Gasteiger partial charge in [-0.3, -0.25) is 4.79 Å². The van der Waals surface area contributed by atoms with Gasteiger partial charge < -0.3 is 14.8 Å². The lowest BCUT2D eigenvalue weighted by molar-refractivity contribution is -0.112. The van der Waals surface area contributed by atoms with Crippen LogP contribution in [0, 0.1) is 25.2 Å². The predicted molar refractivity (Wildman–Crippen MR) is 139 cm³/mol. The standard InChI is InChI=1S/C27H24BrClN2O3/c1-4-33-25-13-20(22(28)14-26(25)34-16-19-7-5-6-8-23(19)29)12-21(15-30)27(32)31-24-11-17(2)9-10-18(24)3/h5-14H,4,16H2,1-3H3,(H,31,32)/b21-12+. The van der Waals surface area contributed by atoms with Crippen molar-refractivity contribution in [3.05, 3.63) is 91.9 Å². The number of carbonyl (C=O) groups is 1. The molecule has 3 aromatic rings. The van der Waals surface area contributed by atoms with Crippen LogP contribution in [-0.4, -0.2) is 12.5 Å². The van der Waals surface area contributed by atoms with E-state index in [-0.39, 0.29) is 12.2 Å². The fourth-order valence-corrected chi connectivity index (χ4v) is 3.80. The molecule has 0 atom stereocenters. The van der Waals surface area contributed by atoms with Gasteiger partial charge in [-0.1, -0.05) is 57.9 Å². The summed E-state index contributed by atoms with van der Waals surface area (Å²) in [6, 6.07) is 18.7. The first-order valence-electron chi connectivity index (χ1n) is 10.6. The number of hydrogen-bond acceptors (Lipinski definition) is 4. The van der Waals surface area contributed by atoms with E-state index in [0.29, 0.717) is 38.9 Å². The second-order valence-electron chi connectivity index (χ2n) is 7.58. The Balaban J connectivity index is 1.88. The highest BCUT2D eigenvalue weighted by Gasteiger charge is 2.15. The maximum Gasteiger partial charge on any atom is 0.266 e. The number of ether oxygens (including phenoxy) is 2. The molecule has 0 radical (unpaired) electrons. The molecular formula is C27H24BrClN2O3. The Kier molecular flexibility index (Phi) is 8.75. The molecule has 0 saturated carbocycles. The van der Waals surface area contributed by atoms with Crippen LogP contribution >= 0.6 is 27.5 Å². The molecule has 0 bridgehead atoms. The van der Waals surface area contributed by atoms with Gasteiger partial charge in [0, 0.05) is 20.7 Å². The largest absolute Gasteiger partial charge is 0.490 e. The number of nitrogens with one attached hydrogen (secondary N) is 1. The van der Waals surface area contributed by atoms with Crippen LogP contribution in [0.3, 0.4) is 0 Å². The van der Waals surface area contributed by atoms with Crippen molar-refractivity contribution in [1.82, 2.24) is 0 Å². The summed E-state index contributed by atoms with van der Waals surface area (Å²) in [6.45, 7) is 6.40. The number of amides is 1. The monoisotopic (exact) mass is 538 g/mol. The number of rotatable bonds is 8. The minimum absolute atomic E-state index is 0.0335. The molecule has 0 spiro atoms. The van der Waals surface area contributed by atoms with Crippen molar-refractivity contribution >= 4 is 45.2 Å². The number of benzene rings is 3.